The molecule has 0 atom stereocenters. The summed E-state index contributed by atoms with van der Waals surface area (Å²) >= 11 is 0. The number of nitrogens with zero attached hydrogens (tertiary/aromatic N) is 2. The molecule has 1 aromatic heterocycles. The summed E-state index contributed by atoms with van der Waals surface area (Å²) in [5.41, 5.74) is 2.83. The van der Waals surface area contributed by atoms with E-state index in [0.717, 1.165) is 21.2 Å². The van der Waals surface area contributed by atoms with Crippen molar-refractivity contribution in [3.05, 3.63) is 78.0 Å². The Labute approximate surface area is 157 Å². The fourth-order valence-electron chi connectivity index (χ4n) is 3.17. The number of benzene rings is 3. The average Bonchev–Trinajstić information content (AvgIpc) is 2.73. The number of rotatable bonds is 4. The maximum atomic E-state index is 13.3. The second-order valence-corrected chi connectivity index (χ2v) is 6.03. The predicted molar refractivity (Wildman–Crippen MR) is 105 cm³/mol. The maximum Gasteiger partial charge on any atom is 0.334 e. The maximum absolute atomic E-state index is 13.3. The first-order chi connectivity index (χ1) is 13.2. The third-order valence-corrected chi connectivity index (χ3v) is 4.47. The number of para-hydroxylation sites is 1. The summed E-state index contributed by atoms with van der Waals surface area (Å²) in [6.07, 6.45) is 0. The van der Waals surface area contributed by atoms with Crippen LogP contribution in [0.1, 0.15) is 0 Å². The zero-order valence-corrected chi connectivity index (χ0v) is 15.0. The van der Waals surface area contributed by atoms with Gasteiger partial charge in [0.25, 0.3) is 0 Å². The Hall–Kier alpha value is -3.60. The first-order valence-corrected chi connectivity index (χ1v) is 8.53. The summed E-state index contributed by atoms with van der Waals surface area (Å²) in [6, 6.07) is 22.6. The summed E-state index contributed by atoms with van der Waals surface area (Å²) < 4.78 is 11.6. The van der Waals surface area contributed by atoms with Crippen LogP contribution in [0.25, 0.3) is 33.5 Å². The lowest BCUT2D eigenvalue weighted by atomic mass is 10.1. The van der Waals surface area contributed by atoms with Crippen molar-refractivity contribution >= 4 is 10.9 Å². The van der Waals surface area contributed by atoms with Crippen LogP contribution in [0.4, 0.5) is 0 Å². The lowest BCUT2D eigenvalue weighted by molar-refractivity contribution is -0.583. The van der Waals surface area contributed by atoms with Crippen LogP contribution in [0.2, 0.25) is 0 Å². The van der Waals surface area contributed by atoms with Gasteiger partial charge in [-0.15, -0.1) is 0 Å². The average molecular weight is 358 g/mol. The number of aromatic nitrogens is 2. The molecule has 5 heteroatoms. The Morgan fingerprint density at radius 3 is 2.22 bits per heavy atom. The van der Waals surface area contributed by atoms with E-state index < -0.39 is 0 Å². The Balaban J connectivity index is 2.02. The molecule has 0 aliphatic rings. The summed E-state index contributed by atoms with van der Waals surface area (Å²) in [5.74, 6) is 1.46. The van der Waals surface area contributed by atoms with Gasteiger partial charge < -0.3 is 14.7 Å². The molecule has 0 aliphatic heterocycles. The molecule has 0 aliphatic carbocycles. The van der Waals surface area contributed by atoms with E-state index in [0.29, 0.717) is 28.6 Å². The Morgan fingerprint density at radius 1 is 0.778 bits per heavy atom. The van der Waals surface area contributed by atoms with Crippen molar-refractivity contribution in [2.45, 2.75) is 0 Å². The third kappa shape index (κ3) is 2.93. The number of hydrogen-bond donors (Lipinski definition) is 0. The van der Waals surface area contributed by atoms with E-state index in [2.05, 4.69) is 4.98 Å². The molecule has 0 saturated carbocycles. The fourth-order valence-corrected chi connectivity index (χ4v) is 3.17. The Morgan fingerprint density at radius 2 is 1.48 bits per heavy atom. The standard InChI is InChI=1S/C22H18N2O3/c1-26-19-13-12-16(14-20(19)27-2)22-23-18-11-7-6-10-17(18)21(24(22)25)15-8-4-3-5-9-15/h3-14H,1-2H3. The predicted octanol–water partition coefficient (Wildman–Crippen LogP) is 4.22. The fraction of sp³-hybridized carbons (Fsp3) is 0.0909. The molecule has 0 bridgehead atoms. The van der Waals surface area contributed by atoms with Crippen LogP contribution in [-0.4, -0.2) is 19.2 Å². The largest absolute Gasteiger partial charge is 0.710 e. The molecule has 0 spiro atoms. The summed E-state index contributed by atoms with van der Waals surface area (Å²) in [4.78, 5) is 4.62. The van der Waals surface area contributed by atoms with Crippen molar-refractivity contribution in [3.8, 4) is 34.1 Å². The highest BCUT2D eigenvalue weighted by Gasteiger charge is 2.22. The lowest BCUT2D eigenvalue weighted by Gasteiger charge is -2.15. The molecule has 0 amide bonds. The van der Waals surface area contributed by atoms with Gasteiger partial charge in [-0.25, -0.2) is 4.73 Å². The second kappa shape index (κ2) is 6.96. The van der Waals surface area contributed by atoms with Gasteiger partial charge in [-0.1, -0.05) is 42.5 Å². The zero-order chi connectivity index (χ0) is 18.8. The van der Waals surface area contributed by atoms with Crippen molar-refractivity contribution < 1.29 is 14.2 Å². The summed E-state index contributed by atoms with van der Waals surface area (Å²) in [7, 11) is 3.14. The first kappa shape index (κ1) is 16.8. The number of hydrogen-bond acceptors (Lipinski definition) is 4. The van der Waals surface area contributed by atoms with Gasteiger partial charge in [0.2, 0.25) is 0 Å². The van der Waals surface area contributed by atoms with Crippen LogP contribution >= 0.6 is 0 Å². The van der Waals surface area contributed by atoms with Gasteiger partial charge in [0.15, 0.2) is 17.0 Å². The van der Waals surface area contributed by atoms with Gasteiger partial charge in [-0.05, 0) is 35.3 Å². The summed E-state index contributed by atoms with van der Waals surface area (Å²) in [6.45, 7) is 0. The van der Waals surface area contributed by atoms with Crippen molar-refractivity contribution in [1.82, 2.24) is 4.98 Å². The van der Waals surface area contributed by atoms with E-state index in [1.807, 2.05) is 60.7 Å². The van der Waals surface area contributed by atoms with Crippen LogP contribution < -0.4 is 14.2 Å². The number of ether oxygens (including phenoxy) is 2. The lowest BCUT2D eigenvalue weighted by Crippen LogP contribution is -2.33. The molecule has 0 saturated heterocycles. The van der Waals surface area contributed by atoms with Gasteiger partial charge in [0.05, 0.1) is 25.2 Å². The van der Waals surface area contributed by atoms with Crippen molar-refractivity contribution in [2.75, 3.05) is 14.2 Å². The van der Waals surface area contributed by atoms with Crippen LogP contribution in [0.3, 0.4) is 0 Å². The molecule has 3 aromatic carbocycles. The topological polar surface area (TPSA) is 58.3 Å². The van der Waals surface area contributed by atoms with Crippen LogP contribution in [-0.2, 0) is 0 Å². The molecular formula is C22H18N2O3. The normalized spacial score (nSPS) is 10.7. The third-order valence-electron chi connectivity index (χ3n) is 4.47. The van der Waals surface area contributed by atoms with Gasteiger partial charge in [-0.2, -0.15) is 0 Å². The molecule has 1 heterocycles. The van der Waals surface area contributed by atoms with Gasteiger partial charge >= 0.3 is 5.82 Å². The molecule has 0 fully saturated rings. The van der Waals surface area contributed by atoms with Crippen LogP contribution in [0.5, 0.6) is 11.5 Å². The smallest absolute Gasteiger partial charge is 0.334 e. The minimum atomic E-state index is 0.313. The van der Waals surface area contributed by atoms with E-state index in [1.54, 1.807) is 26.4 Å². The van der Waals surface area contributed by atoms with Gasteiger partial charge in [0, 0.05) is 5.56 Å². The molecule has 4 rings (SSSR count). The van der Waals surface area contributed by atoms with E-state index in [1.165, 1.54) is 0 Å². The van der Waals surface area contributed by atoms with Crippen molar-refractivity contribution in [3.63, 3.8) is 0 Å². The molecular weight excluding hydrogens is 340 g/mol. The number of fused-ring (bicyclic) bond motifs is 1. The van der Waals surface area contributed by atoms with Crippen LogP contribution in [0, 0.1) is 5.21 Å². The van der Waals surface area contributed by atoms with E-state index in [-0.39, 0.29) is 0 Å². The monoisotopic (exact) mass is 358 g/mol. The molecule has 0 radical (unpaired) electrons. The van der Waals surface area contributed by atoms with Gasteiger partial charge in [-0.3, -0.25) is 0 Å². The quantitative estimate of drug-likeness (QED) is 0.405. The minimum absolute atomic E-state index is 0.313. The molecule has 134 valence electrons. The number of methoxy groups -OCH3 is 2. The zero-order valence-electron chi connectivity index (χ0n) is 15.0. The second-order valence-electron chi connectivity index (χ2n) is 6.03. The highest BCUT2D eigenvalue weighted by atomic mass is 16.5. The van der Waals surface area contributed by atoms with Gasteiger partial charge in [0.1, 0.15) is 5.69 Å². The van der Waals surface area contributed by atoms with Crippen LogP contribution in [0.15, 0.2) is 72.8 Å². The molecule has 0 N–H and O–H groups in total. The van der Waals surface area contributed by atoms with E-state index in [9.17, 15) is 5.21 Å². The molecule has 4 aromatic rings. The van der Waals surface area contributed by atoms with E-state index >= 15 is 0 Å². The SMILES string of the molecule is COc1ccc(-c2nc3ccccc3c(-c3ccccc3)[n+]2[O-])cc1OC. The molecule has 27 heavy (non-hydrogen) atoms. The first-order valence-electron chi connectivity index (χ1n) is 8.53. The van der Waals surface area contributed by atoms with Crippen molar-refractivity contribution in [2.24, 2.45) is 0 Å². The van der Waals surface area contributed by atoms with E-state index in [4.69, 9.17) is 9.47 Å². The van der Waals surface area contributed by atoms with Crippen molar-refractivity contribution in [1.29, 1.82) is 0 Å². The highest BCUT2D eigenvalue weighted by Crippen LogP contribution is 2.32. The minimum Gasteiger partial charge on any atom is -0.710 e. The Bertz CT molecular complexity index is 1110. The molecule has 0 unspecified atom stereocenters. The Kier molecular flexibility index (Phi) is 4.34. The highest BCUT2D eigenvalue weighted by molar-refractivity contribution is 5.91. The summed E-state index contributed by atoms with van der Waals surface area (Å²) in [5, 5.41) is 14.1. The molecule has 5 nitrogen and oxygen atoms in total.